The van der Waals surface area contributed by atoms with Gasteiger partial charge in [-0.1, -0.05) is 32.9 Å². The molecule has 3 N–H and O–H groups in total. The summed E-state index contributed by atoms with van der Waals surface area (Å²) < 4.78 is 11.4. The molecule has 1 heterocycles. The maximum Gasteiger partial charge on any atom is 0.263 e. The van der Waals surface area contributed by atoms with Gasteiger partial charge in [0.25, 0.3) is 5.91 Å². The van der Waals surface area contributed by atoms with E-state index >= 15 is 0 Å². The van der Waals surface area contributed by atoms with Gasteiger partial charge in [0.1, 0.15) is 18.5 Å². The largest absolute Gasteiger partial charge is 0.491 e. The Kier molecular flexibility index (Phi) is 4.85. The molecule has 1 fully saturated rings. The SMILES string of the molecule is CC(C)(C)c1cccc(OCC2CCC(C(=O)NN)O2)c1. The molecule has 0 aliphatic carbocycles. The minimum Gasteiger partial charge on any atom is -0.491 e. The average molecular weight is 292 g/mol. The van der Waals surface area contributed by atoms with Crippen LogP contribution < -0.4 is 16.0 Å². The first-order valence-electron chi connectivity index (χ1n) is 7.29. The van der Waals surface area contributed by atoms with E-state index in [1.165, 1.54) is 5.56 Å². The van der Waals surface area contributed by atoms with Crippen molar-refractivity contribution in [1.82, 2.24) is 5.43 Å². The number of benzene rings is 1. The van der Waals surface area contributed by atoms with Crippen molar-refractivity contribution in [2.45, 2.75) is 51.2 Å². The van der Waals surface area contributed by atoms with Gasteiger partial charge in [0.15, 0.2) is 0 Å². The van der Waals surface area contributed by atoms with Crippen LogP contribution in [0.4, 0.5) is 0 Å². The molecule has 5 nitrogen and oxygen atoms in total. The summed E-state index contributed by atoms with van der Waals surface area (Å²) in [5.41, 5.74) is 3.44. The molecule has 1 aliphatic heterocycles. The number of carbonyl (C=O) groups excluding carboxylic acids is 1. The molecule has 1 aliphatic rings. The van der Waals surface area contributed by atoms with E-state index < -0.39 is 6.10 Å². The number of hydrogen-bond donors (Lipinski definition) is 2. The van der Waals surface area contributed by atoms with E-state index in [-0.39, 0.29) is 17.4 Å². The first kappa shape index (κ1) is 15.8. The third kappa shape index (κ3) is 4.19. The van der Waals surface area contributed by atoms with Crippen LogP contribution in [-0.4, -0.2) is 24.7 Å². The molecule has 2 atom stereocenters. The fraction of sp³-hybridized carbons (Fsp3) is 0.562. The Morgan fingerprint density at radius 1 is 1.43 bits per heavy atom. The van der Waals surface area contributed by atoms with Crippen LogP contribution in [0.3, 0.4) is 0 Å². The summed E-state index contributed by atoms with van der Waals surface area (Å²) in [6.07, 6.45) is 0.964. The maximum atomic E-state index is 11.4. The first-order valence-corrected chi connectivity index (χ1v) is 7.29. The van der Waals surface area contributed by atoms with Gasteiger partial charge in [0.2, 0.25) is 0 Å². The smallest absolute Gasteiger partial charge is 0.263 e. The number of nitrogens with two attached hydrogens (primary N) is 1. The van der Waals surface area contributed by atoms with Crippen molar-refractivity contribution in [3.63, 3.8) is 0 Å². The lowest BCUT2D eigenvalue weighted by Crippen LogP contribution is -2.39. The molecule has 2 unspecified atom stereocenters. The van der Waals surface area contributed by atoms with Gasteiger partial charge in [-0.15, -0.1) is 0 Å². The van der Waals surface area contributed by atoms with E-state index in [0.717, 1.165) is 12.2 Å². The van der Waals surface area contributed by atoms with Gasteiger partial charge < -0.3 is 9.47 Å². The molecule has 1 saturated heterocycles. The summed E-state index contributed by atoms with van der Waals surface area (Å²) in [5.74, 6) is 5.67. The van der Waals surface area contributed by atoms with Crippen LogP contribution in [-0.2, 0) is 14.9 Å². The van der Waals surface area contributed by atoms with Crippen molar-refractivity contribution >= 4 is 5.91 Å². The molecule has 0 saturated carbocycles. The predicted molar refractivity (Wildman–Crippen MR) is 80.9 cm³/mol. The van der Waals surface area contributed by atoms with Gasteiger partial charge in [-0.25, -0.2) is 5.84 Å². The highest BCUT2D eigenvalue weighted by Crippen LogP contribution is 2.26. The van der Waals surface area contributed by atoms with Crippen LogP contribution in [0.15, 0.2) is 24.3 Å². The molecule has 1 amide bonds. The third-order valence-electron chi connectivity index (χ3n) is 3.68. The Morgan fingerprint density at radius 3 is 2.86 bits per heavy atom. The lowest BCUT2D eigenvalue weighted by Gasteiger charge is -2.20. The van der Waals surface area contributed by atoms with Crippen LogP contribution in [0.2, 0.25) is 0 Å². The fourth-order valence-corrected chi connectivity index (χ4v) is 2.36. The molecule has 2 rings (SSSR count). The van der Waals surface area contributed by atoms with E-state index in [2.05, 4.69) is 38.3 Å². The van der Waals surface area contributed by atoms with Crippen molar-refractivity contribution < 1.29 is 14.3 Å². The minimum absolute atomic E-state index is 0.0643. The Labute approximate surface area is 125 Å². The lowest BCUT2D eigenvalue weighted by atomic mass is 9.87. The first-order chi connectivity index (χ1) is 9.90. The van der Waals surface area contributed by atoms with E-state index in [1.807, 2.05) is 12.1 Å². The summed E-state index contributed by atoms with van der Waals surface area (Å²) in [6.45, 7) is 6.95. The van der Waals surface area contributed by atoms with E-state index in [9.17, 15) is 4.79 Å². The summed E-state index contributed by atoms with van der Waals surface area (Å²) in [7, 11) is 0. The zero-order valence-electron chi connectivity index (χ0n) is 12.9. The number of hydrogen-bond acceptors (Lipinski definition) is 4. The van der Waals surface area contributed by atoms with Gasteiger partial charge >= 0.3 is 0 Å². The highest BCUT2D eigenvalue weighted by molar-refractivity contribution is 5.80. The van der Waals surface area contributed by atoms with Crippen LogP contribution in [0.5, 0.6) is 5.75 Å². The zero-order chi connectivity index (χ0) is 15.5. The molecular formula is C16H24N2O3. The van der Waals surface area contributed by atoms with Gasteiger partial charge in [0.05, 0.1) is 6.10 Å². The van der Waals surface area contributed by atoms with Gasteiger partial charge in [0, 0.05) is 0 Å². The summed E-state index contributed by atoms with van der Waals surface area (Å²) in [5, 5.41) is 0. The topological polar surface area (TPSA) is 73.6 Å². The molecule has 21 heavy (non-hydrogen) atoms. The number of amides is 1. The van der Waals surface area contributed by atoms with Crippen molar-refractivity contribution in [1.29, 1.82) is 0 Å². The van der Waals surface area contributed by atoms with Crippen LogP contribution in [0.25, 0.3) is 0 Å². The molecule has 5 heteroatoms. The van der Waals surface area contributed by atoms with Crippen molar-refractivity contribution in [2.24, 2.45) is 5.84 Å². The Bertz CT molecular complexity index is 497. The Hall–Kier alpha value is -1.59. The number of rotatable bonds is 4. The number of nitrogens with one attached hydrogen (secondary N) is 1. The lowest BCUT2D eigenvalue weighted by molar-refractivity contribution is -0.132. The second-order valence-corrected chi connectivity index (χ2v) is 6.42. The van der Waals surface area contributed by atoms with Crippen molar-refractivity contribution in [2.75, 3.05) is 6.61 Å². The minimum atomic E-state index is -0.454. The molecule has 1 aromatic rings. The molecule has 1 aromatic carbocycles. The third-order valence-corrected chi connectivity index (χ3v) is 3.68. The monoisotopic (exact) mass is 292 g/mol. The number of ether oxygens (including phenoxy) is 2. The Morgan fingerprint density at radius 2 is 2.19 bits per heavy atom. The normalized spacial score (nSPS) is 22.1. The summed E-state index contributed by atoms with van der Waals surface area (Å²) >= 11 is 0. The van der Waals surface area contributed by atoms with Gasteiger partial charge in [-0.05, 0) is 36.0 Å². The molecular weight excluding hydrogens is 268 g/mol. The number of carbonyl (C=O) groups is 1. The average Bonchev–Trinajstić information content (AvgIpc) is 2.92. The Balaban J connectivity index is 1.88. The molecule has 0 radical (unpaired) electrons. The van der Waals surface area contributed by atoms with Crippen LogP contribution >= 0.6 is 0 Å². The number of hydrazine groups is 1. The fourth-order valence-electron chi connectivity index (χ4n) is 2.36. The highest BCUT2D eigenvalue weighted by atomic mass is 16.5. The molecule has 0 bridgehead atoms. The van der Waals surface area contributed by atoms with E-state index in [0.29, 0.717) is 13.0 Å². The summed E-state index contributed by atoms with van der Waals surface area (Å²) in [6, 6.07) is 8.09. The van der Waals surface area contributed by atoms with Crippen molar-refractivity contribution in [3.8, 4) is 5.75 Å². The van der Waals surface area contributed by atoms with Crippen LogP contribution in [0, 0.1) is 0 Å². The molecule has 0 spiro atoms. The second-order valence-electron chi connectivity index (χ2n) is 6.42. The van der Waals surface area contributed by atoms with Crippen molar-refractivity contribution in [3.05, 3.63) is 29.8 Å². The second kappa shape index (κ2) is 6.45. The molecule has 116 valence electrons. The van der Waals surface area contributed by atoms with Gasteiger partial charge in [-0.2, -0.15) is 0 Å². The maximum absolute atomic E-state index is 11.4. The van der Waals surface area contributed by atoms with Crippen LogP contribution in [0.1, 0.15) is 39.2 Å². The van der Waals surface area contributed by atoms with E-state index in [4.69, 9.17) is 15.3 Å². The predicted octanol–water partition coefficient (Wildman–Crippen LogP) is 1.90. The quantitative estimate of drug-likeness (QED) is 0.505. The highest BCUT2D eigenvalue weighted by Gasteiger charge is 2.30. The van der Waals surface area contributed by atoms with E-state index in [1.54, 1.807) is 0 Å². The molecule has 0 aromatic heterocycles. The standard InChI is InChI=1S/C16H24N2O3/c1-16(2,3)11-5-4-6-12(9-11)20-10-13-7-8-14(21-13)15(19)18-17/h4-6,9,13-14H,7-8,10,17H2,1-3H3,(H,18,19). The summed E-state index contributed by atoms with van der Waals surface area (Å²) in [4.78, 5) is 11.4. The van der Waals surface area contributed by atoms with Gasteiger partial charge in [-0.3, -0.25) is 10.2 Å². The zero-order valence-corrected chi connectivity index (χ0v) is 12.9.